The Bertz CT molecular complexity index is 873. The molecule has 1 aromatic carbocycles. The predicted molar refractivity (Wildman–Crippen MR) is 86.6 cm³/mol. The van der Waals surface area contributed by atoms with Gasteiger partial charge in [-0.1, -0.05) is 6.07 Å². The molecule has 122 valence electrons. The summed E-state index contributed by atoms with van der Waals surface area (Å²) in [5, 5.41) is 13.4. The fourth-order valence-corrected chi connectivity index (χ4v) is 2.15. The molecule has 0 saturated carbocycles. The predicted octanol–water partition coefficient (Wildman–Crippen LogP) is 1.84. The van der Waals surface area contributed by atoms with E-state index in [1.165, 1.54) is 7.11 Å². The molecule has 0 aliphatic carbocycles. The van der Waals surface area contributed by atoms with Crippen molar-refractivity contribution >= 4 is 23.3 Å². The normalized spacial score (nSPS) is 10.4. The summed E-state index contributed by atoms with van der Waals surface area (Å²) >= 11 is 0. The number of methoxy groups -OCH3 is 1. The van der Waals surface area contributed by atoms with Gasteiger partial charge in [0.25, 0.3) is 0 Å². The number of nitrogens with one attached hydrogen (secondary N) is 2. The molecule has 2 amide bonds. The van der Waals surface area contributed by atoms with Crippen molar-refractivity contribution in [2.24, 2.45) is 0 Å². The van der Waals surface area contributed by atoms with Crippen LogP contribution >= 0.6 is 0 Å². The summed E-state index contributed by atoms with van der Waals surface area (Å²) in [7, 11) is 1.32. The Labute approximate surface area is 137 Å². The molecule has 0 aliphatic rings. The standard InChI is InChI=1S/C16H15N5O3/c1-24-15(22)11-5-7-12(8-6-11)18-16(23)17-10-14-20-19-13-4-2-3-9-21(13)14/h2-9H,10H2,1H3,(H2,17,18,23). The molecule has 0 spiro atoms. The number of anilines is 1. The first kappa shape index (κ1) is 15.5. The number of benzene rings is 1. The van der Waals surface area contributed by atoms with Gasteiger partial charge in [0.1, 0.15) is 0 Å². The highest BCUT2D eigenvalue weighted by Crippen LogP contribution is 2.10. The Morgan fingerprint density at radius 3 is 2.67 bits per heavy atom. The lowest BCUT2D eigenvalue weighted by Gasteiger charge is -2.07. The lowest BCUT2D eigenvalue weighted by atomic mass is 10.2. The number of carbonyl (C=O) groups is 2. The SMILES string of the molecule is COC(=O)c1ccc(NC(=O)NCc2nnc3ccccn23)cc1. The number of urea groups is 1. The molecule has 8 nitrogen and oxygen atoms in total. The van der Waals surface area contributed by atoms with E-state index in [2.05, 4.69) is 25.6 Å². The molecule has 8 heteroatoms. The third kappa shape index (κ3) is 3.32. The summed E-state index contributed by atoms with van der Waals surface area (Å²) in [6, 6.07) is 11.6. The first-order valence-electron chi connectivity index (χ1n) is 7.19. The number of amides is 2. The van der Waals surface area contributed by atoms with Crippen LogP contribution in [-0.2, 0) is 11.3 Å². The molecular formula is C16H15N5O3. The van der Waals surface area contributed by atoms with Gasteiger partial charge in [0.15, 0.2) is 11.5 Å². The van der Waals surface area contributed by atoms with Crippen molar-refractivity contribution in [1.29, 1.82) is 0 Å². The largest absolute Gasteiger partial charge is 0.465 e. The summed E-state index contributed by atoms with van der Waals surface area (Å²) in [5.74, 6) is 0.200. The maximum absolute atomic E-state index is 11.9. The smallest absolute Gasteiger partial charge is 0.337 e. The minimum atomic E-state index is -0.426. The molecule has 2 N–H and O–H groups in total. The fraction of sp³-hybridized carbons (Fsp3) is 0.125. The molecule has 2 aromatic heterocycles. The van der Waals surface area contributed by atoms with Gasteiger partial charge in [-0.15, -0.1) is 10.2 Å². The summed E-state index contributed by atoms with van der Waals surface area (Å²) in [6.07, 6.45) is 1.83. The number of esters is 1. The molecule has 0 atom stereocenters. The van der Waals surface area contributed by atoms with E-state index in [9.17, 15) is 9.59 Å². The second kappa shape index (κ2) is 6.78. The minimum Gasteiger partial charge on any atom is -0.465 e. The van der Waals surface area contributed by atoms with E-state index >= 15 is 0 Å². The molecule has 3 aromatic rings. The van der Waals surface area contributed by atoms with Gasteiger partial charge in [-0.3, -0.25) is 4.40 Å². The van der Waals surface area contributed by atoms with E-state index in [4.69, 9.17) is 0 Å². The lowest BCUT2D eigenvalue weighted by Crippen LogP contribution is -2.29. The zero-order valence-corrected chi connectivity index (χ0v) is 12.9. The Kier molecular flexibility index (Phi) is 4.37. The maximum atomic E-state index is 11.9. The number of rotatable bonds is 4. The zero-order chi connectivity index (χ0) is 16.9. The minimum absolute atomic E-state index is 0.233. The first-order valence-corrected chi connectivity index (χ1v) is 7.19. The monoisotopic (exact) mass is 325 g/mol. The number of aromatic nitrogens is 3. The average molecular weight is 325 g/mol. The van der Waals surface area contributed by atoms with Crippen molar-refractivity contribution < 1.29 is 14.3 Å². The van der Waals surface area contributed by atoms with Gasteiger partial charge >= 0.3 is 12.0 Å². The first-order chi connectivity index (χ1) is 11.7. The van der Waals surface area contributed by atoms with Gasteiger partial charge in [-0.05, 0) is 36.4 Å². The molecular weight excluding hydrogens is 310 g/mol. The number of hydrogen-bond donors (Lipinski definition) is 2. The topological polar surface area (TPSA) is 97.6 Å². The van der Waals surface area contributed by atoms with E-state index in [0.717, 1.165) is 0 Å². The molecule has 0 fully saturated rings. The van der Waals surface area contributed by atoms with Gasteiger partial charge in [0, 0.05) is 11.9 Å². The zero-order valence-electron chi connectivity index (χ0n) is 12.9. The molecule has 0 saturated heterocycles. The second-order valence-electron chi connectivity index (χ2n) is 4.92. The molecule has 24 heavy (non-hydrogen) atoms. The summed E-state index contributed by atoms with van der Waals surface area (Å²) < 4.78 is 6.42. The van der Waals surface area contributed by atoms with Crippen molar-refractivity contribution in [3.63, 3.8) is 0 Å². The fourth-order valence-electron chi connectivity index (χ4n) is 2.15. The Balaban J connectivity index is 1.58. The van der Waals surface area contributed by atoms with Crippen LogP contribution in [0.25, 0.3) is 5.65 Å². The van der Waals surface area contributed by atoms with Crippen LogP contribution in [0, 0.1) is 0 Å². The van der Waals surface area contributed by atoms with Crippen LogP contribution in [0.3, 0.4) is 0 Å². The third-order valence-corrected chi connectivity index (χ3v) is 3.36. The van der Waals surface area contributed by atoms with Gasteiger partial charge in [-0.25, -0.2) is 9.59 Å². The van der Waals surface area contributed by atoms with Crippen LogP contribution in [0.2, 0.25) is 0 Å². The van der Waals surface area contributed by atoms with Crippen molar-refractivity contribution in [2.45, 2.75) is 6.54 Å². The van der Waals surface area contributed by atoms with Crippen molar-refractivity contribution in [1.82, 2.24) is 19.9 Å². The number of carbonyl (C=O) groups excluding carboxylic acids is 2. The molecule has 0 bridgehead atoms. The van der Waals surface area contributed by atoms with Gasteiger partial charge in [0.05, 0.1) is 19.2 Å². The van der Waals surface area contributed by atoms with E-state index in [1.54, 1.807) is 28.7 Å². The average Bonchev–Trinajstić information content (AvgIpc) is 3.03. The van der Waals surface area contributed by atoms with Crippen LogP contribution < -0.4 is 10.6 Å². The Morgan fingerprint density at radius 2 is 1.92 bits per heavy atom. The number of hydrogen-bond acceptors (Lipinski definition) is 5. The third-order valence-electron chi connectivity index (χ3n) is 3.36. The van der Waals surface area contributed by atoms with E-state index in [1.807, 2.05) is 24.4 Å². The molecule has 0 aliphatic heterocycles. The Hall–Kier alpha value is -3.42. The number of nitrogens with zero attached hydrogens (tertiary/aromatic N) is 3. The highest BCUT2D eigenvalue weighted by atomic mass is 16.5. The molecule has 0 unspecified atom stereocenters. The highest BCUT2D eigenvalue weighted by molar-refractivity contribution is 5.92. The second-order valence-corrected chi connectivity index (χ2v) is 4.92. The number of ether oxygens (including phenoxy) is 1. The van der Waals surface area contributed by atoms with E-state index in [-0.39, 0.29) is 12.6 Å². The van der Waals surface area contributed by atoms with Crippen LogP contribution in [-0.4, -0.2) is 33.7 Å². The molecule has 2 heterocycles. The Morgan fingerprint density at radius 1 is 1.12 bits per heavy atom. The van der Waals surface area contributed by atoms with Crippen LogP contribution in [0.15, 0.2) is 48.7 Å². The molecule has 3 rings (SSSR count). The van der Waals surface area contributed by atoms with Crippen molar-refractivity contribution in [3.8, 4) is 0 Å². The molecule has 0 radical (unpaired) electrons. The number of fused-ring (bicyclic) bond motifs is 1. The van der Waals surface area contributed by atoms with Crippen LogP contribution in [0.4, 0.5) is 10.5 Å². The summed E-state index contributed by atoms with van der Waals surface area (Å²) in [6.45, 7) is 0.233. The van der Waals surface area contributed by atoms with Gasteiger partial charge < -0.3 is 15.4 Å². The van der Waals surface area contributed by atoms with Gasteiger partial charge in [-0.2, -0.15) is 0 Å². The van der Waals surface area contributed by atoms with Gasteiger partial charge in [0.2, 0.25) is 0 Å². The van der Waals surface area contributed by atoms with Crippen LogP contribution in [0.5, 0.6) is 0 Å². The van der Waals surface area contributed by atoms with Crippen molar-refractivity contribution in [3.05, 3.63) is 60.0 Å². The highest BCUT2D eigenvalue weighted by Gasteiger charge is 2.08. The van der Waals surface area contributed by atoms with Crippen LogP contribution in [0.1, 0.15) is 16.2 Å². The maximum Gasteiger partial charge on any atom is 0.337 e. The van der Waals surface area contributed by atoms with E-state index < -0.39 is 5.97 Å². The van der Waals surface area contributed by atoms with Crippen molar-refractivity contribution in [2.75, 3.05) is 12.4 Å². The number of pyridine rings is 1. The summed E-state index contributed by atoms with van der Waals surface area (Å²) in [5.41, 5.74) is 1.69. The quantitative estimate of drug-likeness (QED) is 0.713. The van der Waals surface area contributed by atoms with E-state index in [0.29, 0.717) is 22.7 Å². The summed E-state index contributed by atoms with van der Waals surface area (Å²) in [4.78, 5) is 23.3. The lowest BCUT2D eigenvalue weighted by molar-refractivity contribution is 0.0601.